The van der Waals surface area contributed by atoms with Crippen LogP contribution in [0.4, 0.5) is 0 Å². The van der Waals surface area contributed by atoms with Crippen molar-refractivity contribution in [1.82, 2.24) is 0 Å². The SMILES string of the molecule is Brc1ccc2cccc3c2c1C=CC3. The molecule has 14 heavy (non-hydrogen) atoms. The van der Waals surface area contributed by atoms with Crippen molar-refractivity contribution in [2.75, 3.05) is 0 Å². The standard InChI is InChI=1S/C13H9Br/c14-12-8-7-10-4-1-3-9-5-2-6-11(12)13(9)10/h1-4,6-8H,5H2. The van der Waals surface area contributed by atoms with Crippen LogP contribution in [0.2, 0.25) is 0 Å². The largest absolute Gasteiger partial charge is 0.0795 e. The maximum Gasteiger partial charge on any atom is 0.0254 e. The van der Waals surface area contributed by atoms with Crippen molar-refractivity contribution in [2.45, 2.75) is 6.42 Å². The zero-order valence-corrected chi connectivity index (χ0v) is 9.21. The second-order valence-electron chi connectivity index (χ2n) is 3.58. The maximum atomic E-state index is 3.59. The van der Waals surface area contributed by atoms with Crippen LogP contribution < -0.4 is 0 Å². The average molecular weight is 245 g/mol. The summed E-state index contributed by atoms with van der Waals surface area (Å²) < 4.78 is 1.19. The Kier molecular flexibility index (Phi) is 1.74. The number of rotatable bonds is 0. The van der Waals surface area contributed by atoms with E-state index in [2.05, 4.69) is 58.4 Å². The summed E-state index contributed by atoms with van der Waals surface area (Å²) in [5.41, 5.74) is 2.76. The molecule has 0 heterocycles. The molecular weight excluding hydrogens is 236 g/mol. The molecule has 0 nitrogen and oxygen atoms in total. The molecule has 0 fully saturated rings. The van der Waals surface area contributed by atoms with E-state index in [0.29, 0.717) is 0 Å². The van der Waals surface area contributed by atoms with Crippen molar-refractivity contribution < 1.29 is 0 Å². The van der Waals surface area contributed by atoms with Gasteiger partial charge in [-0.3, -0.25) is 0 Å². The third kappa shape index (κ3) is 1.05. The first-order valence-electron chi connectivity index (χ1n) is 4.73. The summed E-state index contributed by atoms with van der Waals surface area (Å²) in [5.74, 6) is 0. The fourth-order valence-corrected chi connectivity index (χ4v) is 2.56. The normalized spacial score (nSPS) is 13.5. The molecule has 0 saturated carbocycles. The zero-order valence-electron chi connectivity index (χ0n) is 7.63. The maximum absolute atomic E-state index is 3.59. The van der Waals surface area contributed by atoms with Crippen LogP contribution in [0.15, 0.2) is 40.9 Å². The van der Waals surface area contributed by atoms with Crippen LogP contribution in [-0.2, 0) is 6.42 Å². The lowest BCUT2D eigenvalue weighted by Crippen LogP contribution is -1.93. The Morgan fingerprint density at radius 2 is 2.00 bits per heavy atom. The van der Waals surface area contributed by atoms with Crippen molar-refractivity contribution in [1.29, 1.82) is 0 Å². The van der Waals surface area contributed by atoms with Crippen LogP contribution in [0.25, 0.3) is 16.8 Å². The molecule has 0 aliphatic heterocycles. The molecule has 1 aliphatic rings. The lowest BCUT2D eigenvalue weighted by molar-refractivity contribution is 1.29. The third-order valence-electron chi connectivity index (χ3n) is 2.74. The number of hydrogen-bond donors (Lipinski definition) is 0. The second kappa shape index (κ2) is 2.96. The Morgan fingerprint density at radius 3 is 2.93 bits per heavy atom. The quantitative estimate of drug-likeness (QED) is 0.653. The molecule has 0 bridgehead atoms. The van der Waals surface area contributed by atoms with Crippen LogP contribution in [-0.4, -0.2) is 0 Å². The first-order chi connectivity index (χ1) is 6.86. The Labute approximate surface area is 91.4 Å². The van der Waals surface area contributed by atoms with Gasteiger partial charge in [0, 0.05) is 4.47 Å². The van der Waals surface area contributed by atoms with Crippen LogP contribution in [0.3, 0.4) is 0 Å². The Hall–Kier alpha value is -1.08. The van der Waals surface area contributed by atoms with Gasteiger partial charge >= 0.3 is 0 Å². The van der Waals surface area contributed by atoms with Crippen LogP contribution >= 0.6 is 15.9 Å². The summed E-state index contributed by atoms with van der Waals surface area (Å²) in [5, 5.41) is 2.74. The van der Waals surface area contributed by atoms with E-state index >= 15 is 0 Å². The van der Waals surface area contributed by atoms with Crippen LogP contribution in [0.5, 0.6) is 0 Å². The van der Waals surface area contributed by atoms with E-state index < -0.39 is 0 Å². The molecule has 68 valence electrons. The summed E-state index contributed by atoms with van der Waals surface area (Å²) >= 11 is 3.59. The molecule has 0 N–H and O–H groups in total. The van der Waals surface area contributed by atoms with Crippen molar-refractivity contribution in [3.05, 3.63) is 52.0 Å². The van der Waals surface area contributed by atoms with Gasteiger partial charge in [-0.2, -0.15) is 0 Å². The molecule has 0 atom stereocenters. The van der Waals surface area contributed by atoms with Gasteiger partial charge in [-0.1, -0.05) is 52.3 Å². The Bertz CT molecular complexity index is 538. The van der Waals surface area contributed by atoms with E-state index in [4.69, 9.17) is 0 Å². The molecule has 2 aromatic carbocycles. The molecule has 0 aromatic heterocycles. The fraction of sp³-hybridized carbons (Fsp3) is 0.0769. The molecule has 2 aromatic rings. The van der Waals surface area contributed by atoms with Gasteiger partial charge in [0.1, 0.15) is 0 Å². The fourth-order valence-electron chi connectivity index (χ4n) is 2.10. The van der Waals surface area contributed by atoms with E-state index in [9.17, 15) is 0 Å². The monoisotopic (exact) mass is 244 g/mol. The predicted octanol–water partition coefficient (Wildman–Crippen LogP) is 4.17. The number of hydrogen-bond acceptors (Lipinski definition) is 0. The minimum absolute atomic E-state index is 1.06. The molecule has 1 heteroatoms. The van der Waals surface area contributed by atoms with Crippen molar-refractivity contribution in [3.8, 4) is 0 Å². The minimum Gasteiger partial charge on any atom is -0.0795 e. The summed E-state index contributed by atoms with van der Waals surface area (Å²) in [6.07, 6.45) is 5.49. The third-order valence-corrected chi connectivity index (χ3v) is 3.43. The van der Waals surface area contributed by atoms with E-state index in [1.807, 2.05) is 0 Å². The Morgan fingerprint density at radius 1 is 1.07 bits per heavy atom. The molecule has 3 rings (SSSR count). The first kappa shape index (κ1) is 8.25. The lowest BCUT2D eigenvalue weighted by Gasteiger charge is -2.13. The van der Waals surface area contributed by atoms with Gasteiger partial charge in [-0.25, -0.2) is 0 Å². The Balaban J connectivity index is 2.56. The highest BCUT2D eigenvalue weighted by molar-refractivity contribution is 9.10. The summed E-state index contributed by atoms with van der Waals surface area (Å²) in [6, 6.07) is 10.8. The number of benzene rings is 2. The predicted molar refractivity (Wildman–Crippen MR) is 64.4 cm³/mol. The lowest BCUT2D eigenvalue weighted by atomic mass is 9.93. The van der Waals surface area contributed by atoms with Gasteiger partial charge in [0.15, 0.2) is 0 Å². The van der Waals surface area contributed by atoms with Gasteiger partial charge in [0.2, 0.25) is 0 Å². The van der Waals surface area contributed by atoms with Crippen molar-refractivity contribution in [3.63, 3.8) is 0 Å². The van der Waals surface area contributed by atoms with Crippen molar-refractivity contribution in [2.24, 2.45) is 0 Å². The van der Waals surface area contributed by atoms with E-state index in [1.54, 1.807) is 0 Å². The van der Waals surface area contributed by atoms with Gasteiger partial charge in [-0.05, 0) is 34.4 Å². The van der Waals surface area contributed by atoms with E-state index in [0.717, 1.165) is 6.42 Å². The highest BCUT2D eigenvalue weighted by Crippen LogP contribution is 2.33. The zero-order chi connectivity index (χ0) is 9.54. The van der Waals surface area contributed by atoms with Crippen molar-refractivity contribution >= 4 is 32.8 Å². The highest BCUT2D eigenvalue weighted by atomic mass is 79.9. The van der Waals surface area contributed by atoms with Gasteiger partial charge in [0.25, 0.3) is 0 Å². The van der Waals surface area contributed by atoms with Gasteiger partial charge in [0.05, 0.1) is 0 Å². The average Bonchev–Trinajstić information content (AvgIpc) is 2.24. The van der Waals surface area contributed by atoms with Gasteiger partial charge in [-0.15, -0.1) is 0 Å². The molecule has 1 aliphatic carbocycles. The van der Waals surface area contributed by atoms with E-state index in [-0.39, 0.29) is 0 Å². The minimum atomic E-state index is 1.06. The smallest absolute Gasteiger partial charge is 0.0254 e. The van der Waals surface area contributed by atoms with Crippen LogP contribution in [0, 0.1) is 0 Å². The highest BCUT2D eigenvalue weighted by Gasteiger charge is 2.09. The number of allylic oxidation sites excluding steroid dienone is 1. The summed E-state index contributed by atoms with van der Waals surface area (Å²) in [7, 11) is 0. The van der Waals surface area contributed by atoms with E-state index in [1.165, 1.54) is 26.4 Å². The molecule has 0 unspecified atom stereocenters. The van der Waals surface area contributed by atoms with Gasteiger partial charge < -0.3 is 0 Å². The molecule has 0 saturated heterocycles. The molecule has 0 radical (unpaired) electrons. The molecule has 0 spiro atoms. The molecule has 0 amide bonds. The topological polar surface area (TPSA) is 0 Å². The molecular formula is C13H9Br. The number of halogens is 1. The van der Waals surface area contributed by atoms with Crippen LogP contribution in [0.1, 0.15) is 11.1 Å². The first-order valence-corrected chi connectivity index (χ1v) is 5.52. The second-order valence-corrected chi connectivity index (χ2v) is 4.44. The summed E-state index contributed by atoms with van der Waals surface area (Å²) in [4.78, 5) is 0. The summed E-state index contributed by atoms with van der Waals surface area (Å²) in [6.45, 7) is 0.